The van der Waals surface area contributed by atoms with Crippen molar-refractivity contribution in [2.45, 2.75) is 33.5 Å². The van der Waals surface area contributed by atoms with Gasteiger partial charge in [0.1, 0.15) is 0 Å². The van der Waals surface area contributed by atoms with E-state index in [9.17, 15) is 0 Å². The molecule has 0 aliphatic heterocycles. The maximum atomic E-state index is 5.32. The van der Waals surface area contributed by atoms with Crippen LogP contribution in [0.5, 0.6) is 0 Å². The van der Waals surface area contributed by atoms with E-state index in [0.29, 0.717) is 5.82 Å². The van der Waals surface area contributed by atoms with Crippen molar-refractivity contribution in [1.29, 1.82) is 0 Å². The second-order valence-electron chi connectivity index (χ2n) is 2.52. The lowest BCUT2D eigenvalue weighted by Gasteiger charge is -2.14. The Bertz CT molecular complexity index is 70.0. The van der Waals surface area contributed by atoms with Crippen molar-refractivity contribution in [3.63, 3.8) is 0 Å². The van der Waals surface area contributed by atoms with E-state index in [1.165, 1.54) is 0 Å². The predicted molar refractivity (Wildman–Crippen MR) is 44.1 cm³/mol. The Kier molecular flexibility index (Phi) is 5.74. The molecule has 3 heteroatoms. The Labute approximate surface area is 64.0 Å². The van der Waals surface area contributed by atoms with Crippen LogP contribution < -0.4 is 0 Å². The van der Waals surface area contributed by atoms with E-state index in [-0.39, 0.29) is 7.12 Å². The molecule has 0 rings (SSSR count). The molecule has 2 nitrogen and oxygen atoms in total. The Morgan fingerprint density at radius 2 is 1.50 bits per heavy atom. The second-order valence-corrected chi connectivity index (χ2v) is 2.52. The molecule has 0 bridgehead atoms. The Morgan fingerprint density at radius 1 is 1.10 bits per heavy atom. The van der Waals surface area contributed by atoms with Gasteiger partial charge in [-0.2, -0.15) is 0 Å². The van der Waals surface area contributed by atoms with E-state index in [2.05, 4.69) is 13.8 Å². The number of rotatable bonds is 5. The van der Waals surface area contributed by atoms with Gasteiger partial charge < -0.3 is 9.31 Å². The summed E-state index contributed by atoms with van der Waals surface area (Å²) in [6.45, 7) is 9.60. The average molecular weight is 144 g/mol. The maximum Gasteiger partial charge on any atom is 0.459 e. The van der Waals surface area contributed by atoms with Gasteiger partial charge in [0.2, 0.25) is 0 Å². The summed E-state index contributed by atoms with van der Waals surface area (Å²) in [6, 6.07) is 0. The van der Waals surface area contributed by atoms with Crippen LogP contribution in [0.2, 0.25) is 5.82 Å². The van der Waals surface area contributed by atoms with Crippen LogP contribution in [0.1, 0.15) is 27.7 Å². The van der Waals surface area contributed by atoms with Crippen LogP contribution in [0, 0.1) is 0 Å². The van der Waals surface area contributed by atoms with E-state index >= 15 is 0 Å². The lowest BCUT2D eigenvalue weighted by molar-refractivity contribution is 0.207. The minimum atomic E-state index is -0.0185. The zero-order valence-electron chi connectivity index (χ0n) is 7.39. The molecule has 0 aromatic carbocycles. The Morgan fingerprint density at radius 3 is 1.70 bits per heavy atom. The van der Waals surface area contributed by atoms with Crippen LogP contribution in [-0.2, 0) is 9.31 Å². The fraction of sp³-hybridized carbons (Fsp3) is 1.00. The first-order valence-corrected chi connectivity index (χ1v) is 3.95. The zero-order chi connectivity index (χ0) is 7.98. The van der Waals surface area contributed by atoms with Gasteiger partial charge in [0.25, 0.3) is 0 Å². The molecule has 0 amide bonds. The highest BCUT2D eigenvalue weighted by Crippen LogP contribution is 2.09. The number of hydrogen-bond acceptors (Lipinski definition) is 2. The van der Waals surface area contributed by atoms with Crippen molar-refractivity contribution in [2.75, 3.05) is 13.2 Å². The van der Waals surface area contributed by atoms with Crippen molar-refractivity contribution in [2.24, 2.45) is 0 Å². The first kappa shape index (κ1) is 9.98. The van der Waals surface area contributed by atoms with Gasteiger partial charge in [0, 0.05) is 13.2 Å². The molecule has 0 heterocycles. The third-order valence-electron chi connectivity index (χ3n) is 1.21. The summed E-state index contributed by atoms with van der Waals surface area (Å²) in [7, 11) is -0.0185. The summed E-state index contributed by atoms with van der Waals surface area (Å²) < 4.78 is 10.6. The molecule has 0 saturated heterocycles. The smallest absolute Gasteiger partial charge is 0.411 e. The molecule has 0 aromatic rings. The standard InChI is InChI=1S/C7H17BO2/c1-5-9-8(7(3)4)10-6-2/h7H,5-6H2,1-4H3. The minimum Gasteiger partial charge on any atom is -0.411 e. The van der Waals surface area contributed by atoms with Gasteiger partial charge in [-0.1, -0.05) is 13.8 Å². The third-order valence-corrected chi connectivity index (χ3v) is 1.21. The molecule has 0 fully saturated rings. The fourth-order valence-electron chi connectivity index (χ4n) is 0.762. The van der Waals surface area contributed by atoms with Gasteiger partial charge in [-0.3, -0.25) is 0 Å². The maximum absolute atomic E-state index is 5.32. The van der Waals surface area contributed by atoms with Crippen molar-refractivity contribution in [3.8, 4) is 0 Å². The topological polar surface area (TPSA) is 18.5 Å². The molecule has 0 saturated carbocycles. The monoisotopic (exact) mass is 144 g/mol. The average Bonchev–Trinajstić information content (AvgIpc) is 1.87. The lowest BCUT2D eigenvalue weighted by Crippen LogP contribution is -2.26. The summed E-state index contributed by atoms with van der Waals surface area (Å²) in [5.74, 6) is 0.444. The molecule has 0 atom stereocenters. The summed E-state index contributed by atoms with van der Waals surface area (Å²) in [5, 5.41) is 0. The van der Waals surface area contributed by atoms with Crippen LogP contribution in [0.15, 0.2) is 0 Å². The summed E-state index contributed by atoms with van der Waals surface area (Å²) in [5.41, 5.74) is 0. The van der Waals surface area contributed by atoms with Crippen LogP contribution in [0.3, 0.4) is 0 Å². The van der Waals surface area contributed by atoms with Crippen molar-refractivity contribution in [1.82, 2.24) is 0 Å². The normalized spacial score (nSPS) is 10.5. The fourth-order valence-corrected chi connectivity index (χ4v) is 0.762. The quantitative estimate of drug-likeness (QED) is 0.549. The van der Waals surface area contributed by atoms with Crippen LogP contribution in [0.25, 0.3) is 0 Å². The zero-order valence-corrected chi connectivity index (χ0v) is 7.39. The van der Waals surface area contributed by atoms with Crippen molar-refractivity contribution < 1.29 is 9.31 Å². The molecular formula is C7H17BO2. The predicted octanol–water partition coefficient (Wildman–Crippen LogP) is 1.96. The van der Waals surface area contributed by atoms with E-state index < -0.39 is 0 Å². The van der Waals surface area contributed by atoms with E-state index in [1.54, 1.807) is 0 Å². The van der Waals surface area contributed by atoms with Crippen LogP contribution >= 0.6 is 0 Å². The molecule has 0 N–H and O–H groups in total. The lowest BCUT2D eigenvalue weighted by atomic mass is 9.74. The second kappa shape index (κ2) is 5.75. The summed E-state index contributed by atoms with van der Waals surface area (Å²) >= 11 is 0. The Hall–Kier alpha value is -0.0151. The first-order chi connectivity index (χ1) is 4.72. The molecular weight excluding hydrogens is 127 g/mol. The highest BCUT2D eigenvalue weighted by atomic mass is 16.6. The summed E-state index contributed by atoms with van der Waals surface area (Å²) in [4.78, 5) is 0. The molecule has 0 spiro atoms. The van der Waals surface area contributed by atoms with Crippen LogP contribution in [0.4, 0.5) is 0 Å². The van der Waals surface area contributed by atoms with Gasteiger partial charge in [-0.25, -0.2) is 0 Å². The molecule has 0 aliphatic rings. The molecule has 0 aliphatic carbocycles. The minimum absolute atomic E-state index is 0.0185. The SMILES string of the molecule is CCOB(OCC)C(C)C. The van der Waals surface area contributed by atoms with Gasteiger partial charge in [-0.05, 0) is 19.7 Å². The molecule has 0 unspecified atom stereocenters. The Balaban J connectivity index is 3.50. The van der Waals surface area contributed by atoms with E-state index in [1.807, 2.05) is 13.8 Å². The molecule has 0 aromatic heterocycles. The van der Waals surface area contributed by atoms with Crippen molar-refractivity contribution >= 4 is 7.12 Å². The number of hydrogen-bond donors (Lipinski definition) is 0. The van der Waals surface area contributed by atoms with Gasteiger partial charge >= 0.3 is 7.12 Å². The molecule has 0 radical (unpaired) electrons. The van der Waals surface area contributed by atoms with Gasteiger partial charge in [0.05, 0.1) is 0 Å². The highest BCUT2D eigenvalue weighted by Gasteiger charge is 2.20. The largest absolute Gasteiger partial charge is 0.459 e. The molecule has 10 heavy (non-hydrogen) atoms. The van der Waals surface area contributed by atoms with E-state index in [0.717, 1.165) is 13.2 Å². The summed E-state index contributed by atoms with van der Waals surface area (Å²) in [6.07, 6.45) is 0. The first-order valence-electron chi connectivity index (χ1n) is 3.95. The van der Waals surface area contributed by atoms with Crippen LogP contribution in [-0.4, -0.2) is 20.3 Å². The van der Waals surface area contributed by atoms with E-state index in [4.69, 9.17) is 9.31 Å². The third kappa shape index (κ3) is 3.91. The van der Waals surface area contributed by atoms with Gasteiger partial charge in [0.15, 0.2) is 0 Å². The molecule has 60 valence electrons. The van der Waals surface area contributed by atoms with Gasteiger partial charge in [-0.15, -0.1) is 0 Å². The highest BCUT2D eigenvalue weighted by molar-refractivity contribution is 6.46. The van der Waals surface area contributed by atoms with Crippen molar-refractivity contribution in [3.05, 3.63) is 0 Å².